The van der Waals surface area contributed by atoms with Gasteiger partial charge in [-0.15, -0.1) is 0 Å². The third-order valence-electron chi connectivity index (χ3n) is 3.60. The van der Waals surface area contributed by atoms with Crippen LogP contribution in [0.5, 0.6) is 0 Å². The third kappa shape index (κ3) is 2.24. The van der Waals surface area contributed by atoms with Crippen LogP contribution >= 0.6 is 0 Å². The number of hydrogen-bond acceptors (Lipinski definition) is 3. The molecule has 0 atom stereocenters. The van der Waals surface area contributed by atoms with Gasteiger partial charge in [-0.05, 0) is 29.2 Å². The lowest BCUT2D eigenvalue weighted by Gasteiger charge is -2.20. The van der Waals surface area contributed by atoms with Crippen LogP contribution in [0.2, 0.25) is 0 Å². The molecule has 5 nitrogen and oxygen atoms in total. The molecule has 0 amide bonds. The predicted octanol–water partition coefficient (Wildman–Crippen LogP) is 3.92. The van der Waals surface area contributed by atoms with E-state index in [9.17, 15) is 9.90 Å². The van der Waals surface area contributed by atoms with Crippen LogP contribution in [0.4, 0.5) is 4.79 Å². The van der Waals surface area contributed by atoms with Gasteiger partial charge in [0.1, 0.15) is 5.69 Å². The molecule has 0 bridgehead atoms. The Labute approximate surface area is 128 Å². The second-order valence-electron chi connectivity index (χ2n) is 6.21. The second kappa shape index (κ2) is 4.94. The average Bonchev–Trinajstić information content (AvgIpc) is 2.86. The van der Waals surface area contributed by atoms with E-state index in [-0.39, 0.29) is 5.41 Å². The van der Waals surface area contributed by atoms with Crippen molar-refractivity contribution in [2.45, 2.75) is 26.2 Å². The van der Waals surface area contributed by atoms with Crippen molar-refractivity contribution in [3.63, 3.8) is 0 Å². The lowest BCUT2D eigenvalue weighted by molar-refractivity contribution is 0.194. The van der Waals surface area contributed by atoms with E-state index < -0.39 is 6.09 Å². The second-order valence-corrected chi connectivity index (χ2v) is 6.21. The highest BCUT2D eigenvalue weighted by molar-refractivity contribution is 5.99. The van der Waals surface area contributed by atoms with E-state index in [1.54, 1.807) is 12.3 Å². The minimum Gasteiger partial charge on any atom is -0.463 e. The van der Waals surface area contributed by atoms with Crippen LogP contribution < -0.4 is 0 Å². The summed E-state index contributed by atoms with van der Waals surface area (Å²) in [5.41, 5.74) is 2.78. The zero-order valence-electron chi connectivity index (χ0n) is 12.7. The van der Waals surface area contributed by atoms with Crippen LogP contribution in [0, 0.1) is 0 Å². The van der Waals surface area contributed by atoms with E-state index in [1.165, 1.54) is 0 Å². The Hall–Kier alpha value is -2.69. The van der Waals surface area contributed by atoms with Crippen LogP contribution in [-0.4, -0.2) is 26.0 Å². The van der Waals surface area contributed by atoms with Gasteiger partial charge in [-0.1, -0.05) is 39.0 Å². The van der Waals surface area contributed by atoms with Crippen molar-refractivity contribution < 1.29 is 9.90 Å². The van der Waals surface area contributed by atoms with Crippen molar-refractivity contribution in [2.24, 2.45) is 0 Å². The zero-order chi connectivity index (χ0) is 15.9. The summed E-state index contributed by atoms with van der Waals surface area (Å²) >= 11 is 0. The summed E-state index contributed by atoms with van der Waals surface area (Å²) in [5.74, 6) is 0. The first-order chi connectivity index (χ1) is 10.4. The van der Waals surface area contributed by atoms with E-state index in [0.717, 1.165) is 15.6 Å². The summed E-state index contributed by atoms with van der Waals surface area (Å²) in [5, 5.41) is 14.5. The van der Waals surface area contributed by atoms with Gasteiger partial charge in [-0.2, -0.15) is 9.78 Å². The van der Waals surface area contributed by atoms with Crippen molar-refractivity contribution >= 4 is 17.0 Å². The smallest absolute Gasteiger partial charge is 0.432 e. The molecule has 2 heterocycles. The minimum atomic E-state index is -1.10. The number of carbonyl (C=O) groups is 1. The molecule has 0 aliphatic carbocycles. The van der Waals surface area contributed by atoms with Gasteiger partial charge in [0.2, 0.25) is 0 Å². The monoisotopic (exact) mass is 295 g/mol. The molecule has 5 heteroatoms. The van der Waals surface area contributed by atoms with Crippen molar-refractivity contribution in [1.29, 1.82) is 0 Å². The Morgan fingerprint density at radius 2 is 1.91 bits per heavy atom. The summed E-state index contributed by atoms with van der Waals surface area (Å²) in [6, 6.07) is 11.2. The summed E-state index contributed by atoms with van der Waals surface area (Å²) in [6.45, 7) is 6.30. The topological polar surface area (TPSA) is 68.0 Å². The molecule has 22 heavy (non-hydrogen) atoms. The van der Waals surface area contributed by atoms with E-state index in [2.05, 4.69) is 30.9 Å². The Balaban J connectivity index is 2.44. The summed E-state index contributed by atoms with van der Waals surface area (Å²) in [4.78, 5) is 15.8. The molecule has 0 unspecified atom stereocenters. The third-order valence-corrected chi connectivity index (χ3v) is 3.60. The SMILES string of the molecule is CC(C)(C)c1cccc2c1c(-c1ccccn1)nn2C(=O)O. The molecule has 1 N–H and O–H groups in total. The molecule has 0 radical (unpaired) electrons. The molecule has 0 aliphatic rings. The number of rotatable bonds is 1. The fourth-order valence-corrected chi connectivity index (χ4v) is 2.62. The van der Waals surface area contributed by atoms with Gasteiger partial charge >= 0.3 is 6.09 Å². The Bertz CT molecular complexity index is 845. The lowest BCUT2D eigenvalue weighted by atomic mass is 9.84. The number of pyridine rings is 1. The normalized spacial score (nSPS) is 11.8. The molecule has 0 saturated carbocycles. The maximum atomic E-state index is 11.5. The maximum absolute atomic E-state index is 11.5. The van der Waals surface area contributed by atoms with Gasteiger partial charge < -0.3 is 5.11 Å². The molecule has 0 aliphatic heterocycles. The highest BCUT2D eigenvalue weighted by atomic mass is 16.4. The van der Waals surface area contributed by atoms with Gasteiger partial charge in [0.15, 0.2) is 0 Å². The number of benzene rings is 1. The van der Waals surface area contributed by atoms with Crippen molar-refractivity contribution in [3.8, 4) is 11.4 Å². The molecule has 0 saturated heterocycles. The highest BCUT2D eigenvalue weighted by Gasteiger charge is 2.24. The Kier molecular flexibility index (Phi) is 3.20. The van der Waals surface area contributed by atoms with Crippen molar-refractivity contribution in [2.75, 3.05) is 0 Å². The van der Waals surface area contributed by atoms with Gasteiger partial charge in [0.25, 0.3) is 0 Å². The lowest BCUT2D eigenvalue weighted by Crippen LogP contribution is -2.12. The fraction of sp³-hybridized carbons (Fsp3) is 0.235. The molecule has 3 rings (SSSR count). The van der Waals surface area contributed by atoms with Gasteiger partial charge in [0, 0.05) is 11.6 Å². The average molecular weight is 295 g/mol. The summed E-state index contributed by atoms with van der Waals surface area (Å²) in [6.07, 6.45) is 0.582. The first kappa shape index (κ1) is 14.3. The van der Waals surface area contributed by atoms with E-state index >= 15 is 0 Å². The first-order valence-corrected chi connectivity index (χ1v) is 7.06. The zero-order valence-corrected chi connectivity index (χ0v) is 12.7. The van der Waals surface area contributed by atoms with Crippen LogP contribution in [0.1, 0.15) is 26.3 Å². The van der Waals surface area contributed by atoms with Crippen molar-refractivity contribution in [3.05, 3.63) is 48.2 Å². The van der Waals surface area contributed by atoms with Crippen LogP contribution in [0.15, 0.2) is 42.6 Å². The number of hydrogen-bond donors (Lipinski definition) is 1. The molecule has 0 spiro atoms. The van der Waals surface area contributed by atoms with Crippen molar-refractivity contribution in [1.82, 2.24) is 14.8 Å². The molecule has 112 valence electrons. The quantitative estimate of drug-likeness (QED) is 0.738. The van der Waals surface area contributed by atoms with E-state index in [0.29, 0.717) is 16.9 Å². The van der Waals surface area contributed by atoms with E-state index in [1.807, 2.05) is 30.3 Å². The molecular weight excluding hydrogens is 278 g/mol. The van der Waals surface area contributed by atoms with Crippen LogP contribution in [-0.2, 0) is 5.41 Å². The Morgan fingerprint density at radius 3 is 2.50 bits per heavy atom. The standard InChI is InChI=1S/C17H17N3O2/c1-17(2,3)11-7-6-9-13-14(11)15(19-20(13)16(21)22)12-8-4-5-10-18-12/h4-10H,1-3H3,(H,21,22). The van der Waals surface area contributed by atoms with Gasteiger partial charge in [-0.3, -0.25) is 4.98 Å². The molecule has 0 fully saturated rings. The maximum Gasteiger partial charge on any atom is 0.432 e. The summed E-state index contributed by atoms with van der Waals surface area (Å²) in [7, 11) is 0. The van der Waals surface area contributed by atoms with Gasteiger partial charge in [-0.25, -0.2) is 4.79 Å². The van der Waals surface area contributed by atoms with Crippen LogP contribution in [0.3, 0.4) is 0 Å². The number of fused-ring (bicyclic) bond motifs is 1. The fourth-order valence-electron chi connectivity index (χ4n) is 2.62. The molecule has 2 aromatic heterocycles. The van der Waals surface area contributed by atoms with E-state index in [4.69, 9.17) is 0 Å². The van der Waals surface area contributed by atoms with Gasteiger partial charge in [0.05, 0.1) is 11.2 Å². The Morgan fingerprint density at radius 1 is 1.14 bits per heavy atom. The summed E-state index contributed by atoms with van der Waals surface area (Å²) < 4.78 is 1.02. The highest BCUT2D eigenvalue weighted by Crippen LogP contribution is 2.35. The largest absolute Gasteiger partial charge is 0.463 e. The first-order valence-electron chi connectivity index (χ1n) is 7.06. The predicted molar refractivity (Wildman–Crippen MR) is 85.1 cm³/mol. The molecule has 3 aromatic rings. The molecular formula is C17H17N3O2. The van der Waals surface area contributed by atoms with Crippen LogP contribution in [0.25, 0.3) is 22.3 Å². The number of nitrogens with zero attached hydrogens (tertiary/aromatic N) is 3. The molecule has 1 aromatic carbocycles. The number of carboxylic acid groups (broad SMARTS) is 1. The minimum absolute atomic E-state index is 0.130. The number of aromatic nitrogens is 3.